The number of carboxylic acids is 1. The Morgan fingerprint density at radius 3 is 2.24 bits per heavy atom. The predicted molar refractivity (Wildman–Crippen MR) is 254 cm³/mol. The van der Waals surface area contributed by atoms with E-state index in [-0.39, 0.29) is 32.5 Å². The number of nitrogens with one attached hydrogen (secondary N) is 3. The Kier molecular flexibility index (Phi) is 18.1. The highest BCUT2D eigenvalue weighted by atomic mass is 35.5. The van der Waals surface area contributed by atoms with Gasteiger partial charge >= 0.3 is 12.1 Å². The second kappa shape index (κ2) is 22.9. The van der Waals surface area contributed by atoms with Crippen molar-refractivity contribution < 1.29 is 46.9 Å². The van der Waals surface area contributed by atoms with Crippen LogP contribution in [0.25, 0.3) is 11.3 Å². The highest BCUT2D eigenvalue weighted by molar-refractivity contribution is 6.31. The number of hydrogen-bond acceptors (Lipinski definition) is 9. The van der Waals surface area contributed by atoms with Crippen molar-refractivity contribution in [1.29, 1.82) is 0 Å². The molecule has 5 atom stereocenters. The number of halogens is 5. The lowest BCUT2D eigenvalue weighted by molar-refractivity contribution is -0.164. The van der Waals surface area contributed by atoms with Crippen LogP contribution >= 0.6 is 23.2 Å². The van der Waals surface area contributed by atoms with Crippen molar-refractivity contribution >= 4 is 46.9 Å². The molecule has 0 saturated carbocycles. The summed E-state index contributed by atoms with van der Waals surface area (Å²) in [4.78, 5) is 61.9. The number of rotatable bonds is 20. The number of ether oxygens (including phenoxy) is 2. The monoisotopic (exact) mass is 987 g/mol. The first-order valence-electron chi connectivity index (χ1n) is 22.4. The largest absolute Gasteiger partial charge is 0.481 e. The van der Waals surface area contributed by atoms with Gasteiger partial charge in [-0.15, -0.1) is 0 Å². The van der Waals surface area contributed by atoms with Gasteiger partial charge in [-0.25, -0.2) is 4.98 Å². The molecule has 19 heteroatoms. The van der Waals surface area contributed by atoms with E-state index in [1.54, 1.807) is 77.1 Å². The molecule has 0 aliphatic carbocycles. The number of carboxylic acid groups (broad SMARTS) is 1. The number of hydrogen-bond donors (Lipinski definition) is 4. The van der Waals surface area contributed by atoms with Gasteiger partial charge in [0.2, 0.25) is 17.7 Å². The van der Waals surface area contributed by atoms with E-state index < -0.39 is 78.0 Å². The number of benzene rings is 3. The summed E-state index contributed by atoms with van der Waals surface area (Å²) < 4.78 is 55.4. The van der Waals surface area contributed by atoms with Gasteiger partial charge in [0.15, 0.2) is 0 Å². The summed E-state index contributed by atoms with van der Waals surface area (Å²) in [6.45, 7) is 9.37. The minimum Gasteiger partial charge on any atom is -0.481 e. The molecule has 14 nitrogen and oxygen atoms in total. The molecule has 4 N–H and O–H groups in total. The van der Waals surface area contributed by atoms with Gasteiger partial charge in [0.25, 0.3) is 0 Å². The van der Waals surface area contributed by atoms with E-state index in [9.17, 15) is 37.5 Å². The van der Waals surface area contributed by atoms with Gasteiger partial charge in [-0.2, -0.15) is 13.2 Å². The van der Waals surface area contributed by atoms with E-state index >= 15 is 0 Å². The minimum atomic E-state index is -4.79. The van der Waals surface area contributed by atoms with Crippen LogP contribution in [0.5, 0.6) is 11.5 Å². The van der Waals surface area contributed by atoms with E-state index in [2.05, 4.69) is 20.9 Å². The van der Waals surface area contributed by atoms with Crippen LogP contribution in [0.2, 0.25) is 10.0 Å². The maximum Gasteiger partial charge on any atom is 0.389 e. The van der Waals surface area contributed by atoms with Crippen LogP contribution in [0.4, 0.5) is 13.2 Å². The zero-order valence-corrected chi connectivity index (χ0v) is 41.2. The molecule has 3 unspecified atom stereocenters. The number of aromatic nitrogens is 2. The molecule has 0 bridgehead atoms. The summed E-state index contributed by atoms with van der Waals surface area (Å²) in [5.41, 5.74) is 1.31. The Balaban J connectivity index is 1.34. The number of carbonyl (C=O) groups is 4. The normalized spacial score (nSPS) is 17.3. The highest BCUT2D eigenvalue weighted by Gasteiger charge is 2.45. The molecule has 370 valence electrons. The molecule has 4 aromatic rings. The third-order valence-electron chi connectivity index (χ3n) is 11.5. The van der Waals surface area contributed by atoms with E-state index in [0.717, 1.165) is 17.1 Å². The third kappa shape index (κ3) is 15.7. The first-order valence-corrected chi connectivity index (χ1v) is 23.1. The molecule has 1 fully saturated rings. The Morgan fingerprint density at radius 1 is 0.956 bits per heavy atom. The average molecular weight is 989 g/mol. The number of amides is 3. The third-order valence-corrected chi connectivity index (χ3v) is 12.0. The fraction of sp³-hybridized carbons (Fsp3) is 0.490. The van der Waals surface area contributed by atoms with Crippen LogP contribution in [-0.4, -0.2) is 111 Å². The first kappa shape index (κ1) is 53.8. The topological polar surface area (TPSA) is 167 Å². The van der Waals surface area contributed by atoms with Crippen molar-refractivity contribution in [3.8, 4) is 22.8 Å². The average Bonchev–Trinajstić information content (AvgIpc) is 3.59. The van der Waals surface area contributed by atoms with Crippen molar-refractivity contribution in [1.82, 2.24) is 35.3 Å². The number of likely N-dealkylation sites (tertiary alicyclic amines) is 1. The summed E-state index contributed by atoms with van der Waals surface area (Å²) in [6, 6.07) is 17.4. The fourth-order valence-corrected chi connectivity index (χ4v) is 8.62. The molecule has 1 aromatic heterocycles. The van der Waals surface area contributed by atoms with Crippen molar-refractivity contribution in [3.05, 3.63) is 99.9 Å². The Hall–Kier alpha value is -5.20. The second-order valence-electron chi connectivity index (χ2n) is 18.8. The highest BCUT2D eigenvalue weighted by Crippen LogP contribution is 2.34. The molecule has 1 saturated heterocycles. The summed E-state index contributed by atoms with van der Waals surface area (Å²) in [5.74, 6) is -3.63. The maximum absolute atomic E-state index is 14.7. The van der Waals surface area contributed by atoms with Gasteiger partial charge < -0.3 is 44.9 Å². The van der Waals surface area contributed by atoms with Crippen molar-refractivity contribution in [2.75, 3.05) is 27.2 Å². The lowest BCUT2D eigenvalue weighted by Gasteiger charge is -2.45. The van der Waals surface area contributed by atoms with Gasteiger partial charge in [0.05, 0.1) is 60.5 Å². The number of alkyl halides is 3. The number of aliphatic carboxylic acids is 1. The predicted octanol–water partition coefficient (Wildman–Crippen LogP) is 8.18. The Morgan fingerprint density at radius 2 is 1.62 bits per heavy atom. The minimum absolute atomic E-state index is 0.0505. The fourth-order valence-electron chi connectivity index (χ4n) is 8.33. The van der Waals surface area contributed by atoms with Crippen molar-refractivity contribution in [3.63, 3.8) is 0 Å². The van der Waals surface area contributed by atoms with Gasteiger partial charge in [-0.1, -0.05) is 41.4 Å². The SMILES string of the molecule is CC(NCc1ccc(Cl)cc1Oc1ccc(-c2cnc(CN(C)C)n2C)cc1)C(=O)N[C@H](C(=O)NC1(Cc2ccc(Cl)cc2)CCCN(C(=O)C(CC(=O)O)CC(F)(F)F)C1)[C@H](C)OC(C)(C)C. The standard InChI is InChI=1S/C49H62Cl2F3N7O7/c1-30(55-26-34-12-17-37(51)23-40(34)67-38-18-13-33(14-19-38)39-27-56-41(60(39)8)28-59(6)7)44(64)57-43(31(2)68-47(3,4)5)45(65)58-48(24-32-10-15-36(50)16-11-32)20-9-21-61(29-48)46(66)35(22-42(62)63)25-49(52,53)54/h10-19,23,27,30-31,35,43,55H,9,20-22,24-26,28-29H2,1-8H3,(H,57,64)(H,58,65)(H,62,63)/t30?,31-,35?,43-,48?/m0/s1. The van der Waals surface area contributed by atoms with E-state index in [4.69, 9.17) is 32.7 Å². The zero-order valence-electron chi connectivity index (χ0n) is 39.7. The Bertz CT molecular complexity index is 2380. The van der Waals surface area contributed by atoms with Gasteiger partial charge in [0, 0.05) is 47.9 Å². The van der Waals surface area contributed by atoms with Crippen LogP contribution in [0.3, 0.4) is 0 Å². The molecule has 0 spiro atoms. The Labute approximate surface area is 405 Å². The summed E-state index contributed by atoms with van der Waals surface area (Å²) in [6.07, 6.45) is -5.76. The smallest absolute Gasteiger partial charge is 0.389 e. The zero-order chi connectivity index (χ0) is 50.1. The number of imidazole rings is 1. The van der Waals surface area contributed by atoms with Crippen LogP contribution in [0.15, 0.2) is 72.9 Å². The molecule has 3 aromatic carbocycles. The lowest BCUT2D eigenvalue weighted by Crippen LogP contribution is -2.66. The van der Waals surface area contributed by atoms with E-state index in [1.807, 2.05) is 61.1 Å². The van der Waals surface area contributed by atoms with E-state index in [0.29, 0.717) is 45.6 Å². The van der Waals surface area contributed by atoms with Gasteiger partial charge in [-0.3, -0.25) is 19.2 Å². The molecule has 1 aliphatic rings. The maximum atomic E-state index is 14.7. The first-order chi connectivity index (χ1) is 31.8. The summed E-state index contributed by atoms with van der Waals surface area (Å²) in [5, 5.41) is 19.5. The molecule has 2 heterocycles. The molecule has 3 amide bonds. The summed E-state index contributed by atoms with van der Waals surface area (Å²) in [7, 11) is 5.95. The molecular weight excluding hydrogens is 926 g/mol. The van der Waals surface area contributed by atoms with E-state index in [1.165, 1.54) is 4.90 Å². The van der Waals surface area contributed by atoms with Crippen molar-refractivity contribution in [2.24, 2.45) is 13.0 Å². The molecular formula is C49H62Cl2F3N7O7. The molecule has 68 heavy (non-hydrogen) atoms. The van der Waals surface area contributed by atoms with Crippen LogP contribution < -0.4 is 20.7 Å². The molecule has 0 radical (unpaired) electrons. The molecule has 1 aliphatic heterocycles. The number of carbonyl (C=O) groups excluding carboxylic acids is 3. The van der Waals surface area contributed by atoms with Crippen LogP contribution in [0.1, 0.15) is 77.3 Å². The quantitative estimate of drug-likeness (QED) is 0.0679. The summed E-state index contributed by atoms with van der Waals surface area (Å²) >= 11 is 12.6. The van der Waals surface area contributed by atoms with Gasteiger partial charge in [0.1, 0.15) is 23.4 Å². The number of piperidine rings is 1. The molecule has 5 rings (SSSR count). The lowest BCUT2D eigenvalue weighted by atomic mass is 9.82. The van der Waals surface area contributed by atoms with Gasteiger partial charge in [-0.05, 0) is 122 Å². The van der Waals surface area contributed by atoms with Crippen LogP contribution in [0, 0.1) is 5.92 Å². The van der Waals surface area contributed by atoms with Crippen molar-refractivity contribution in [2.45, 2.75) is 115 Å². The second-order valence-corrected chi connectivity index (χ2v) is 19.7. The van der Waals surface area contributed by atoms with Crippen LogP contribution in [-0.2, 0) is 50.5 Å². The number of nitrogens with zero attached hydrogens (tertiary/aromatic N) is 4.